The number of hydrogen-bond donors (Lipinski definition) is 2. The maximum Gasteiger partial charge on any atom is 0.0626 e. The van der Waals surface area contributed by atoms with Gasteiger partial charge in [-0.15, -0.1) is 0 Å². The summed E-state index contributed by atoms with van der Waals surface area (Å²) in [7, 11) is 0. The number of benzene rings is 1. The van der Waals surface area contributed by atoms with E-state index in [0.29, 0.717) is 0 Å². The summed E-state index contributed by atoms with van der Waals surface area (Å²) in [5, 5.41) is 13.0. The third kappa shape index (κ3) is 2.36. The molecule has 2 nitrogen and oxygen atoms in total. The second-order valence-corrected chi connectivity index (χ2v) is 5.59. The summed E-state index contributed by atoms with van der Waals surface area (Å²) in [6.07, 6.45) is 7.43. The van der Waals surface area contributed by atoms with Crippen molar-refractivity contribution < 1.29 is 5.11 Å². The molecule has 0 spiro atoms. The Kier molecular flexibility index (Phi) is 3.48. The summed E-state index contributed by atoms with van der Waals surface area (Å²) >= 11 is 0. The summed E-state index contributed by atoms with van der Waals surface area (Å²) in [6.45, 7) is 1.19. The Balaban J connectivity index is 1.57. The van der Waals surface area contributed by atoms with Crippen molar-refractivity contribution >= 4 is 0 Å². The quantitative estimate of drug-likeness (QED) is 0.779. The number of hydrogen-bond acceptors (Lipinski definition) is 2. The van der Waals surface area contributed by atoms with Crippen molar-refractivity contribution in [1.29, 1.82) is 0 Å². The van der Waals surface area contributed by atoms with Gasteiger partial charge in [-0.25, -0.2) is 0 Å². The highest BCUT2D eigenvalue weighted by Gasteiger charge is 2.35. The fourth-order valence-electron chi connectivity index (χ4n) is 3.40. The van der Waals surface area contributed by atoms with E-state index < -0.39 is 0 Å². The minimum absolute atomic E-state index is 0.0781. The first-order chi connectivity index (χ1) is 8.86. The lowest BCUT2D eigenvalue weighted by molar-refractivity contribution is 0.235. The van der Waals surface area contributed by atoms with Crippen molar-refractivity contribution in [3.63, 3.8) is 0 Å². The molecule has 0 heterocycles. The number of allylic oxidation sites excluding steroid dienone is 2. The molecule has 1 fully saturated rings. The van der Waals surface area contributed by atoms with Gasteiger partial charge in [0.2, 0.25) is 0 Å². The van der Waals surface area contributed by atoms with Gasteiger partial charge < -0.3 is 10.4 Å². The molecule has 3 rings (SSSR count). The molecule has 2 aliphatic carbocycles. The molecule has 0 amide bonds. The van der Waals surface area contributed by atoms with Gasteiger partial charge in [0.1, 0.15) is 0 Å². The van der Waals surface area contributed by atoms with Crippen molar-refractivity contribution in [2.75, 3.05) is 13.2 Å². The maximum absolute atomic E-state index is 9.51. The monoisotopic (exact) mass is 243 g/mol. The van der Waals surface area contributed by atoms with Crippen LogP contribution in [0.15, 0.2) is 42.5 Å². The summed E-state index contributed by atoms with van der Waals surface area (Å²) in [5.74, 6) is 2.36. The molecule has 0 radical (unpaired) electrons. The zero-order valence-corrected chi connectivity index (χ0v) is 10.6. The topological polar surface area (TPSA) is 32.3 Å². The first-order valence-electron chi connectivity index (χ1n) is 6.94. The van der Waals surface area contributed by atoms with E-state index in [0.717, 1.165) is 24.3 Å². The molecular formula is C16H21NO. The normalized spacial score (nSPS) is 30.8. The van der Waals surface area contributed by atoms with Crippen molar-refractivity contribution in [2.45, 2.75) is 18.9 Å². The van der Waals surface area contributed by atoms with Crippen LogP contribution in [0.3, 0.4) is 0 Å². The zero-order valence-electron chi connectivity index (χ0n) is 10.6. The maximum atomic E-state index is 9.51. The van der Waals surface area contributed by atoms with Crippen LogP contribution in [-0.4, -0.2) is 18.3 Å². The largest absolute Gasteiger partial charge is 0.394 e. The van der Waals surface area contributed by atoms with Crippen molar-refractivity contribution in [3.05, 3.63) is 48.0 Å². The predicted octanol–water partition coefficient (Wildman–Crippen LogP) is 2.52. The van der Waals surface area contributed by atoms with Gasteiger partial charge in [-0.05, 0) is 42.7 Å². The number of aliphatic hydroxyl groups excluding tert-OH is 1. The molecule has 3 unspecified atom stereocenters. The number of nitrogens with one attached hydrogen (secondary N) is 1. The molecule has 0 aromatic heterocycles. The van der Waals surface area contributed by atoms with E-state index >= 15 is 0 Å². The fraction of sp³-hybridized carbons (Fsp3) is 0.500. The van der Waals surface area contributed by atoms with Crippen LogP contribution in [0.4, 0.5) is 0 Å². The van der Waals surface area contributed by atoms with Gasteiger partial charge in [-0.3, -0.25) is 0 Å². The lowest BCUT2D eigenvalue weighted by atomic mass is 9.93. The van der Waals surface area contributed by atoms with Crippen LogP contribution in [0.2, 0.25) is 0 Å². The molecule has 1 saturated carbocycles. The van der Waals surface area contributed by atoms with Crippen LogP contribution in [0, 0.1) is 17.8 Å². The van der Waals surface area contributed by atoms with E-state index in [1.807, 2.05) is 18.2 Å². The van der Waals surface area contributed by atoms with Gasteiger partial charge in [0.25, 0.3) is 0 Å². The van der Waals surface area contributed by atoms with Gasteiger partial charge in [-0.1, -0.05) is 42.5 Å². The molecule has 96 valence electrons. The molecule has 1 aromatic carbocycles. The van der Waals surface area contributed by atoms with Gasteiger partial charge in [-0.2, -0.15) is 0 Å². The Hall–Kier alpha value is -1.12. The Labute approximate surface area is 109 Å². The van der Waals surface area contributed by atoms with Crippen molar-refractivity contribution in [1.82, 2.24) is 5.32 Å². The molecule has 0 aliphatic heterocycles. The van der Waals surface area contributed by atoms with Crippen LogP contribution < -0.4 is 5.32 Å². The molecular weight excluding hydrogens is 222 g/mol. The van der Waals surface area contributed by atoms with Crippen LogP contribution in [0.1, 0.15) is 24.4 Å². The van der Waals surface area contributed by atoms with Gasteiger partial charge in [0.15, 0.2) is 0 Å². The summed E-state index contributed by atoms with van der Waals surface area (Å²) in [6, 6.07) is 10.3. The van der Waals surface area contributed by atoms with Gasteiger partial charge >= 0.3 is 0 Å². The second kappa shape index (κ2) is 5.25. The number of aliphatic hydroxyl groups is 1. The molecule has 2 N–H and O–H groups in total. The van der Waals surface area contributed by atoms with Crippen LogP contribution in [-0.2, 0) is 0 Å². The molecule has 2 heteroatoms. The summed E-state index contributed by atoms with van der Waals surface area (Å²) < 4.78 is 0. The molecule has 4 atom stereocenters. The Morgan fingerprint density at radius 3 is 2.61 bits per heavy atom. The average Bonchev–Trinajstić information content (AvgIpc) is 3.03. The Morgan fingerprint density at radius 1 is 1.17 bits per heavy atom. The second-order valence-electron chi connectivity index (χ2n) is 5.59. The smallest absolute Gasteiger partial charge is 0.0626 e. The molecule has 18 heavy (non-hydrogen) atoms. The van der Waals surface area contributed by atoms with Crippen LogP contribution in [0.25, 0.3) is 0 Å². The van der Waals surface area contributed by atoms with Gasteiger partial charge in [0.05, 0.1) is 12.6 Å². The lowest BCUT2D eigenvalue weighted by Gasteiger charge is -2.23. The van der Waals surface area contributed by atoms with E-state index in [2.05, 4.69) is 29.6 Å². The van der Waals surface area contributed by atoms with Crippen LogP contribution in [0.5, 0.6) is 0 Å². The summed E-state index contributed by atoms with van der Waals surface area (Å²) in [5.41, 5.74) is 1.18. The molecule has 0 saturated heterocycles. The number of fused-ring (bicyclic) bond motifs is 2. The average molecular weight is 243 g/mol. The van der Waals surface area contributed by atoms with Crippen molar-refractivity contribution in [3.8, 4) is 0 Å². The third-order valence-corrected chi connectivity index (χ3v) is 4.43. The van der Waals surface area contributed by atoms with Crippen molar-refractivity contribution in [2.24, 2.45) is 17.8 Å². The van der Waals surface area contributed by atoms with E-state index in [1.54, 1.807) is 0 Å². The first kappa shape index (κ1) is 11.9. The Bertz CT molecular complexity index is 414. The van der Waals surface area contributed by atoms with E-state index in [1.165, 1.54) is 18.4 Å². The van der Waals surface area contributed by atoms with Gasteiger partial charge in [0, 0.05) is 0 Å². The standard InChI is InChI=1S/C16H21NO/c18-11-16(13-4-2-1-3-5-13)17-10-15-9-12-6-7-14(15)8-12/h1-7,12,14-18H,8-11H2/t12?,14?,15?,16-/m0/s1. The first-order valence-corrected chi connectivity index (χ1v) is 6.94. The SMILES string of the molecule is OC[C@H](NCC1CC2C=CC1C2)c1ccccc1. The van der Waals surface area contributed by atoms with E-state index in [4.69, 9.17) is 0 Å². The van der Waals surface area contributed by atoms with Crippen LogP contribution >= 0.6 is 0 Å². The fourth-order valence-corrected chi connectivity index (χ4v) is 3.40. The highest BCUT2D eigenvalue weighted by Crippen LogP contribution is 2.43. The Morgan fingerprint density at radius 2 is 2.00 bits per heavy atom. The van der Waals surface area contributed by atoms with E-state index in [-0.39, 0.29) is 12.6 Å². The molecule has 1 aromatic rings. The van der Waals surface area contributed by atoms with E-state index in [9.17, 15) is 5.11 Å². The summed E-state index contributed by atoms with van der Waals surface area (Å²) in [4.78, 5) is 0. The molecule has 2 bridgehead atoms. The predicted molar refractivity (Wildman–Crippen MR) is 73.1 cm³/mol. The number of rotatable bonds is 5. The zero-order chi connectivity index (χ0) is 12.4. The lowest BCUT2D eigenvalue weighted by Crippen LogP contribution is -2.31. The third-order valence-electron chi connectivity index (χ3n) is 4.43. The minimum atomic E-state index is 0.0781. The minimum Gasteiger partial charge on any atom is -0.394 e. The molecule has 2 aliphatic rings. The highest BCUT2D eigenvalue weighted by molar-refractivity contribution is 5.19. The highest BCUT2D eigenvalue weighted by atomic mass is 16.3.